The van der Waals surface area contributed by atoms with Crippen LogP contribution in [-0.2, 0) is 0 Å². The van der Waals surface area contributed by atoms with Gasteiger partial charge in [-0.3, -0.25) is 4.98 Å². The van der Waals surface area contributed by atoms with Gasteiger partial charge < -0.3 is 0 Å². The second-order valence-electron chi connectivity index (χ2n) is 11.9. The van der Waals surface area contributed by atoms with Crippen LogP contribution in [0, 0.1) is 0 Å². The Morgan fingerprint density at radius 3 is 1.52 bits per heavy atom. The van der Waals surface area contributed by atoms with E-state index in [2.05, 4.69) is 164 Å². The molecule has 0 radical (unpaired) electrons. The second kappa shape index (κ2) is 10.8. The molecular weight excluding hydrogens is 555 g/mol. The summed E-state index contributed by atoms with van der Waals surface area (Å²) >= 11 is 0. The highest BCUT2D eigenvalue weighted by atomic mass is 14.6. The summed E-state index contributed by atoms with van der Waals surface area (Å²) in [7, 11) is 0. The van der Waals surface area contributed by atoms with Gasteiger partial charge in [0.15, 0.2) is 0 Å². The highest BCUT2D eigenvalue weighted by molar-refractivity contribution is 6.22. The molecule has 0 atom stereocenters. The number of hydrogen-bond donors (Lipinski definition) is 0. The number of nitrogens with zero attached hydrogens (tertiary/aromatic N) is 1. The van der Waals surface area contributed by atoms with Crippen LogP contribution in [0.3, 0.4) is 0 Å². The van der Waals surface area contributed by atoms with Gasteiger partial charge in [-0.25, -0.2) is 0 Å². The van der Waals surface area contributed by atoms with Gasteiger partial charge in [-0.2, -0.15) is 0 Å². The molecule has 1 aromatic heterocycles. The normalized spacial score (nSPS) is 11.5. The summed E-state index contributed by atoms with van der Waals surface area (Å²) in [6.45, 7) is 0. The van der Waals surface area contributed by atoms with E-state index in [-0.39, 0.29) is 0 Å². The van der Waals surface area contributed by atoms with Crippen molar-refractivity contribution in [2.24, 2.45) is 0 Å². The average molecular weight is 584 g/mol. The van der Waals surface area contributed by atoms with E-state index in [1.54, 1.807) is 0 Å². The lowest BCUT2D eigenvalue weighted by molar-refractivity contribution is 1.43. The van der Waals surface area contributed by atoms with E-state index in [1.807, 2.05) is 12.3 Å². The number of aromatic nitrogens is 1. The fourth-order valence-corrected chi connectivity index (χ4v) is 7.18. The van der Waals surface area contributed by atoms with Crippen molar-refractivity contribution in [3.8, 4) is 44.5 Å². The monoisotopic (exact) mass is 583 g/mol. The van der Waals surface area contributed by atoms with Gasteiger partial charge in [0, 0.05) is 17.0 Å². The van der Waals surface area contributed by atoms with Crippen LogP contribution in [0.5, 0.6) is 0 Å². The van der Waals surface area contributed by atoms with Crippen molar-refractivity contribution >= 4 is 43.2 Å². The molecule has 0 N–H and O–H groups in total. The first-order valence-electron chi connectivity index (χ1n) is 15.8. The van der Waals surface area contributed by atoms with Gasteiger partial charge in [0.25, 0.3) is 0 Å². The predicted octanol–water partition coefficient (Wildman–Crippen LogP) is 12.4. The van der Waals surface area contributed by atoms with Gasteiger partial charge in [-0.05, 0) is 89.6 Å². The molecule has 8 aromatic carbocycles. The fraction of sp³-hybridized carbons (Fsp3) is 0. The minimum Gasteiger partial charge on any atom is -0.256 e. The Labute approximate surface area is 268 Å². The Morgan fingerprint density at radius 2 is 0.826 bits per heavy atom. The number of rotatable bonds is 4. The van der Waals surface area contributed by atoms with Gasteiger partial charge >= 0.3 is 0 Å². The molecule has 214 valence electrons. The third kappa shape index (κ3) is 4.29. The van der Waals surface area contributed by atoms with Crippen molar-refractivity contribution in [2.75, 3.05) is 0 Å². The first-order chi connectivity index (χ1) is 22.8. The van der Waals surface area contributed by atoms with Crippen LogP contribution in [-0.4, -0.2) is 4.98 Å². The number of pyridine rings is 1. The summed E-state index contributed by atoms with van der Waals surface area (Å²) in [6.07, 6.45) is 1.89. The van der Waals surface area contributed by atoms with Crippen LogP contribution in [0.15, 0.2) is 176 Å². The van der Waals surface area contributed by atoms with Gasteiger partial charge in [0.2, 0.25) is 0 Å². The molecule has 0 spiro atoms. The van der Waals surface area contributed by atoms with E-state index in [0.717, 1.165) is 5.52 Å². The number of hydrogen-bond acceptors (Lipinski definition) is 1. The molecule has 0 fully saturated rings. The van der Waals surface area contributed by atoms with Gasteiger partial charge in [-0.1, -0.05) is 152 Å². The molecule has 46 heavy (non-hydrogen) atoms. The minimum absolute atomic E-state index is 1.05. The van der Waals surface area contributed by atoms with E-state index in [4.69, 9.17) is 4.98 Å². The van der Waals surface area contributed by atoms with E-state index >= 15 is 0 Å². The molecule has 0 aliphatic rings. The summed E-state index contributed by atoms with van der Waals surface area (Å²) < 4.78 is 0. The zero-order valence-electron chi connectivity index (χ0n) is 25.2. The van der Waals surface area contributed by atoms with Crippen molar-refractivity contribution in [2.45, 2.75) is 0 Å². The highest BCUT2D eigenvalue weighted by Crippen LogP contribution is 2.45. The molecule has 0 aliphatic heterocycles. The van der Waals surface area contributed by atoms with Crippen molar-refractivity contribution in [3.63, 3.8) is 0 Å². The Morgan fingerprint density at radius 1 is 0.304 bits per heavy atom. The van der Waals surface area contributed by atoms with E-state index in [9.17, 15) is 0 Å². The topological polar surface area (TPSA) is 12.9 Å². The van der Waals surface area contributed by atoms with Crippen LogP contribution >= 0.6 is 0 Å². The molecule has 1 nitrogen and oxygen atoms in total. The van der Waals surface area contributed by atoms with Crippen molar-refractivity contribution in [1.29, 1.82) is 0 Å². The van der Waals surface area contributed by atoms with Gasteiger partial charge in [0.05, 0.1) is 5.52 Å². The van der Waals surface area contributed by atoms with E-state index < -0.39 is 0 Å². The summed E-state index contributed by atoms with van der Waals surface area (Å²) in [5, 5.41) is 8.63. The highest BCUT2D eigenvalue weighted by Gasteiger charge is 2.17. The average Bonchev–Trinajstić information content (AvgIpc) is 3.14. The molecule has 0 saturated carbocycles. The van der Waals surface area contributed by atoms with Crippen LogP contribution in [0.2, 0.25) is 0 Å². The Hall–Kier alpha value is -6.05. The van der Waals surface area contributed by atoms with Crippen LogP contribution < -0.4 is 0 Å². The fourth-order valence-electron chi connectivity index (χ4n) is 7.18. The molecule has 0 aliphatic carbocycles. The maximum Gasteiger partial charge on any atom is 0.0786 e. The van der Waals surface area contributed by atoms with Crippen LogP contribution in [0.25, 0.3) is 87.7 Å². The van der Waals surface area contributed by atoms with Crippen molar-refractivity contribution in [1.82, 2.24) is 4.98 Å². The second-order valence-corrected chi connectivity index (χ2v) is 11.9. The summed E-state index contributed by atoms with van der Waals surface area (Å²) in [4.78, 5) is 4.77. The van der Waals surface area contributed by atoms with Crippen molar-refractivity contribution < 1.29 is 0 Å². The zero-order chi connectivity index (χ0) is 30.5. The van der Waals surface area contributed by atoms with Crippen LogP contribution in [0.1, 0.15) is 0 Å². The standard InChI is InChI=1S/C45H29N/c1-3-12-32(13-4-1)43-37-18-9-10-19-38(37)44(33-14-5-2-6-15-33)42-28-34(25-26-39(42)43)30-21-23-31(24-22-30)41-29-35-16-7-8-17-36(35)45-40(41)20-11-27-46-45/h1-29H. The molecular formula is C45H29N. The molecule has 0 unspecified atom stereocenters. The van der Waals surface area contributed by atoms with E-state index in [0.29, 0.717) is 0 Å². The molecule has 0 amide bonds. The van der Waals surface area contributed by atoms with E-state index in [1.165, 1.54) is 82.2 Å². The van der Waals surface area contributed by atoms with Crippen LogP contribution in [0.4, 0.5) is 0 Å². The number of benzene rings is 8. The molecule has 9 rings (SSSR count). The lowest BCUT2D eigenvalue weighted by Gasteiger charge is -2.18. The van der Waals surface area contributed by atoms with Crippen molar-refractivity contribution in [3.05, 3.63) is 176 Å². The zero-order valence-corrected chi connectivity index (χ0v) is 25.2. The molecule has 9 aromatic rings. The SMILES string of the molecule is c1ccc(-c2c3ccccc3c(-c3ccccc3)c3cc(-c4ccc(-c5cc6ccccc6c6ncccc56)cc4)ccc23)cc1. The quantitative estimate of drug-likeness (QED) is 0.148. The predicted molar refractivity (Wildman–Crippen MR) is 196 cm³/mol. The first kappa shape index (κ1) is 26.4. The van der Waals surface area contributed by atoms with Gasteiger partial charge in [0.1, 0.15) is 0 Å². The van der Waals surface area contributed by atoms with Gasteiger partial charge in [-0.15, -0.1) is 0 Å². The molecule has 0 saturated heterocycles. The maximum atomic E-state index is 4.77. The Bertz CT molecular complexity index is 2550. The molecule has 1 heteroatoms. The molecule has 0 bridgehead atoms. The Kier molecular flexibility index (Phi) is 6.21. The third-order valence-corrected chi connectivity index (χ3v) is 9.29. The number of fused-ring (bicyclic) bond motifs is 5. The maximum absolute atomic E-state index is 4.77. The first-order valence-corrected chi connectivity index (χ1v) is 15.8. The summed E-state index contributed by atoms with van der Waals surface area (Å²) in [6, 6.07) is 61.5. The smallest absolute Gasteiger partial charge is 0.0786 e. The summed E-state index contributed by atoms with van der Waals surface area (Å²) in [5.41, 5.74) is 10.9. The lowest BCUT2D eigenvalue weighted by Crippen LogP contribution is -1.91. The summed E-state index contributed by atoms with van der Waals surface area (Å²) in [5.74, 6) is 0. The minimum atomic E-state index is 1.05. The largest absolute Gasteiger partial charge is 0.256 e. The third-order valence-electron chi connectivity index (χ3n) is 9.29. The Balaban J connectivity index is 1.25. The molecule has 1 heterocycles. The lowest BCUT2D eigenvalue weighted by atomic mass is 9.85.